The van der Waals surface area contributed by atoms with Gasteiger partial charge in [0, 0.05) is 35.9 Å². The Morgan fingerprint density at radius 2 is 1.84 bits per heavy atom. The van der Waals surface area contributed by atoms with Gasteiger partial charge in [-0.15, -0.1) is 0 Å². The number of allylic oxidation sites excluding steroid dienone is 3. The van der Waals surface area contributed by atoms with E-state index >= 15 is 0 Å². The minimum absolute atomic E-state index is 0.265. The topological polar surface area (TPSA) is 83.2 Å². The molecule has 1 aromatic carbocycles. The fourth-order valence-corrected chi connectivity index (χ4v) is 5.02. The van der Waals surface area contributed by atoms with Crippen LogP contribution in [-0.4, -0.2) is 53.1 Å². The number of para-hydroxylation sites is 1. The predicted octanol–water partition coefficient (Wildman–Crippen LogP) is 5.19. The van der Waals surface area contributed by atoms with Gasteiger partial charge in [-0.1, -0.05) is 12.6 Å². The minimum atomic E-state index is -0.710. The third kappa shape index (κ3) is 5.38. The molecular formula is C29H33F2N7. The molecule has 0 spiro atoms. The number of hydrogen-bond acceptors (Lipinski definition) is 7. The van der Waals surface area contributed by atoms with Crippen LogP contribution in [0.4, 0.5) is 20.3 Å². The maximum atomic E-state index is 14.2. The van der Waals surface area contributed by atoms with Gasteiger partial charge in [-0.3, -0.25) is 4.98 Å². The first-order chi connectivity index (χ1) is 18.4. The molecule has 1 aliphatic carbocycles. The van der Waals surface area contributed by atoms with Crippen LogP contribution in [0.25, 0.3) is 16.5 Å². The first kappa shape index (κ1) is 25.8. The second-order valence-electron chi connectivity index (χ2n) is 10.1. The summed E-state index contributed by atoms with van der Waals surface area (Å²) in [5.74, 6) is 0.347. The average Bonchev–Trinajstić information content (AvgIpc) is 3.75. The summed E-state index contributed by atoms with van der Waals surface area (Å²) < 4.78 is 28.4. The van der Waals surface area contributed by atoms with Crippen LogP contribution in [0.3, 0.4) is 0 Å². The van der Waals surface area contributed by atoms with Crippen molar-refractivity contribution < 1.29 is 8.78 Å². The first-order valence-electron chi connectivity index (χ1n) is 12.9. The maximum Gasteiger partial charge on any atom is 0.162 e. The average molecular weight is 518 g/mol. The van der Waals surface area contributed by atoms with Crippen LogP contribution in [0.15, 0.2) is 61.2 Å². The van der Waals surface area contributed by atoms with Crippen molar-refractivity contribution in [2.45, 2.75) is 37.6 Å². The number of nitrogens with one attached hydrogen (secondary N) is 1. The highest BCUT2D eigenvalue weighted by Crippen LogP contribution is 2.45. The number of rotatable bonds is 8. The number of aromatic nitrogens is 3. The van der Waals surface area contributed by atoms with E-state index in [9.17, 15) is 8.78 Å². The molecule has 1 aliphatic heterocycles. The number of hydrogen-bond donors (Lipinski definition) is 2. The van der Waals surface area contributed by atoms with Gasteiger partial charge in [-0.2, -0.15) is 0 Å². The number of pyridine rings is 1. The lowest BCUT2D eigenvalue weighted by Gasteiger charge is -2.36. The van der Waals surface area contributed by atoms with Gasteiger partial charge in [0.1, 0.15) is 23.1 Å². The van der Waals surface area contributed by atoms with E-state index in [2.05, 4.69) is 40.8 Å². The highest BCUT2D eigenvalue weighted by molar-refractivity contribution is 5.94. The Kier molecular flexibility index (Phi) is 7.37. The number of nitrogens with two attached hydrogens (primary N) is 1. The molecule has 0 bridgehead atoms. The van der Waals surface area contributed by atoms with Gasteiger partial charge in [0.15, 0.2) is 5.82 Å². The van der Waals surface area contributed by atoms with Crippen LogP contribution < -0.4 is 16.0 Å². The molecule has 0 radical (unpaired) electrons. The summed E-state index contributed by atoms with van der Waals surface area (Å²) in [4.78, 5) is 19.0. The molecule has 0 unspecified atom stereocenters. The van der Waals surface area contributed by atoms with Crippen molar-refractivity contribution in [1.29, 1.82) is 0 Å². The molecule has 198 valence electrons. The van der Waals surface area contributed by atoms with Gasteiger partial charge in [0.2, 0.25) is 0 Å². The van der Waals surface area contributed by atoms with Gasteiger partial charge < -0.3 is 20.9 Å². The lowest BCUT2D eigenvalue weighted by molar-refractivity contribution is 0.252. The van der Waals surface area contributed by atoms with Gasteiger partial charge >= 0.3 is 0 Å². The van der Waals surface area contributed by atoms with Crippen LogP contribution >= 0.6 is 0 Å². The molecule has 7 nitrogen and oxygen atoms in total. The first-order valence-corrected chi connectivity index (χ1v) is 12.9. The molecule has 0 amide bonds. The molecule has 3 heterocycles. The summed E-state index contributed by atoms with van der Waals surface area (Å²) in [6.07, 6.45) is 12.7. The molecule has 1 saturated carbocycles. The second-order valence-corrected chi connectivity index (χ2v) is 10.1. The summed E-state index contributed by atoms with van der Waals surface area (Å²) in [5.41, 5.74) is 8.27. The van der Waals surface area contributed by atoms with Crippen LogP contribution in [0.1, 0.15) is 43.0 Å². The van der Waals surface area contributed by atoms with E-state index < -0.39 is 11.6 Å². The molecule has 3 aromatic rings. The number of anilines is 2. The number of halogens is 2. The van der Waals surface area contributed by atoms with Crippen molar-refractivity contribution >= 4 is 28.0 Å². The van der Waals surface area contributed by atoms with Gasteiger partial charge in [0.05, 0.1) is 11.7 Å². The molecule has 9 heteroatoms. The van der Waals surface area contributed by atoms with Crippen molar-refractivity contribution in [2.24, 2.45) is 5.73 Å². The quantitative estimate of drug-likeness (QED) is 0.398. The van der Waals surface area contributed by atoms with E-state index in [1.165, 1.54) is 30.0 Å². The molecule has 5 rings (SSSR count). The largest absolute Gasteiger partial charge is 0.405 e. The fourth-order valence-electron chi connectivity index (χ4n) is 5.02. The van der Waals surface area contributed by atoms with Crippen molar-refractivity contribution in [3.63, 3.8) is 0 Å². The number of piperidine rings is 1. The normalized spacial score (nSPS) is 17.3. The summed E-state index contributed by atoms with van der Waals surface area (Å²) >= 11 is 0. The molecule has 38 heavy (non-hydrogen) atoms. The third-order valence-corrected chi connectivity index (χ3v) is 7.32. The molecule has 2 aromatic heterocycles. The number of nitrogens with zero attached hydrogens (tertiary/aromatic N) is 5. The smallest absolute Gasteiger partial charge is 0.162 e. The SMILES string of the molecule is C=C(/C=C(\C=C/N)c1nc(N(C)C2CCN(C)CC2)c2c(C3CC3)cncc2n1)Nc1c(F)cccc1F. The fraction of sp³-hybridized carbons (Fsp3) is 0.345. The Hall–Kier alpha value is -3.85. The third-order valence-electron chi connectivity index (χ3n) is 7.32. The van der Waals surface area contributed by atoms with Crippen molar-refractivity contribution in [3.8, 4) is 0 Å². The van der Waals surface area contributed by atoms with Crippen LogP contribution in [0, 0.1) is 11.6 Å². The zero-order chi connectivity index (χ0) is 26.8. The number of fused-ring (bicyclic) bond motifs is 1. The molecule has 2 fully saturated rings. The highest BCUT2D eigenvalue weighted by Gasteiger charge is 2.30. The minimum Gasteiger partial charge on any atom is -0.405 e. The zero-order valence-electron chi connectivity index (χ0n) is 21.8. The van der Waals surface area contributed by atoms with E-state index in [1.807, 2.05) is 6.20 Å². The van der Waals surface area contributed by atoms with Gasteiger partial charge in [-0.25, -0.2) is 18.7 Å². The summed E-state index contributed by atoms with van der Waals surface area (Å²) in [6.45, 7) is 6.00. The Morgan fingerprint density at radius 3 is 2.50 bits per heavy atom. The van der Waals surface area contributed by atoms with E-state index in [0.29, 0.717) is 23.4 Å². The van der Waals surface area contributed by atoms with E-state index in [4.69, 9.17) is 15.7 Å². The molecule has 0 atom stereocenters. The van der Waals surface area contributed by atoms with Gasteiger partial charge in [0.25, 0.3) is 0 Å². The highest BCUT2D eigenvalue weighted by atomic mass is 19.1. The van der Waals surface area contributed by atoms with Crippen molar-refractivity contribution in [3.05, 3.63) is 84.2 Å². The summed E-state index contributed by atoms with van der Waals surface area (Å²) in [7, 11) is 4.25. The van der Waals surface area contributed by atoms with Crippen LogP contribution in [-0.2, 0) is 0 Å². The Labute approximate surface area is 221 Å². The standard InChI is InChI=1S/C29H33F2N7/c1-18(34-27-23(30)5-4-6-24(27)31)15-20(9-12-32)28-35-25-17-33-16-22(19-7-8-19)26(25)29(36-28)38(3)21-10-13-37(2)14-11-21/h4-6,9,12,15-17,19,21,34H,1,7-8,10-11,13-14,32H2,2-3H3/b12-9-,20-15+. The monoisotopic (exact) mass is 517 g/mol. The summed E-state index contributed by atoms with van der Waals surface area (Å²) in [6, 6.07) is 4.03. The van der Waals surface area contributed by atoms with Crippen molar-refractivity contribution in [2.75, 3.05) is 37.4 Å². The lowest BCUT2D eigenvalue weighted by atomic mass is 10.0. The molecule has 2 aliphatic rings. The molecular weight excluding hydrogens is 484 g/mol. The second kappa shape index (κ2) is 10.9. The van der Waals surface area contributed by atoms with E-state index in [1.54, 1.807) is 18.3 Å². The predicted molar refractivity (Wildman–Crippen MR) is 149 cm³/mol. The van der Waals surface area contributed by atoms with Crippen molar-refractivity contribution in [1.82, 2.24) is 19.9 Å². The Bertz CT molecular complexity index is 1390. The zero-order valence-corrected chi connectivity index (χ0v) is 21.8. The lowest BCUT2D eigenvalue weighted by Crippen LogP contribution is -2.42. The maximum absolute atomic E-state index is 14.2. The van der Waals surface area contributed by atoms with E-state index in [0.717, 1.165) is 55.5 Å². The molecule has 1 saturated heterocycles. The number of benzene rings is 1. The summed E-state index contributed by atoms with van der Waals surface area (Å²) in [5, 5.41) is 3.76. The molecule has 3 N–H and O–H groups in total. The Morgan fingerprint density at radius 1 is 1.13 bits per heavy atom. The Balaban J connectivity index is 1.58. The number of likely N-dealkylation sites (tertiary alicyclic amines) is 1. The van der Waals surface area contributed by atoms with Gasteiger partial charge in [-0.05, 0) is 87.8 Å². The van der Waals surface area contributed by atoms with Crippen LogP contribution in [0.2, 0.25) is 0 Å². The van der Waals surface area contributed by atoms with Crippen LogP contribution in [0.5, 0.6) is 0 Å². The van der Waals surface area contributed by atoms with E-state index in [-0.39, 0.29) is 11.4 Å².